The van der Waals surface area contributed by atoms with Crippen molar-refractivity contribution in [3.05, 3.63) is 0 Å². The number of hydrogen-bond acceptors (Lipinski definition) is 7. The maximum absolute atomic E-state index is 11.9. The molecule has 0 aliphatic carbocycles. The number of rotatable bonds is 6. The van der Waals surface area contributed by atoms with E-state index in [4.69, 9.17) is 9.47 Å². The molecule has 0 unspecified atom stereocenters. The van der Waals surface area contributed by atoms with Crippen LogP contribution < -0.4 is 4.74 Å². The standard InChI is InChI=1S/C11H17N3O3S2/c1-2-16-7-8-17-10-12-9(13-19-10)18-11(15)14-5-3-4-6-14/h2-8H2,1H3. The van der Waals surface area contributed by atoms with E-state index in [2.05, 4.69) is 9.36 Å². The summed E-state index contributed by atoms with van der Waals surface area (Å²) in [5.41, 5.74) is 0. The van der Waals surface area contributed by atoms with Crippen LogP contribution in [0.15, 0.2) is 5.16 Å². The summed E-state index contributed by atoms with van der Waals surface area (Å²) in [4.78, 5) is 17.9. The Morgan fingerprint density at radius 3 is 2.95 bits per heavy atom. The lowest BCUT2D eigenvalue weighted by Gasteiger charge is -2.12. The van der Waals surface area contributed by atoms with Crippen LogP contribution in [0.4, 0.5) is 4.79 Å². The Morgan fingerprint density at radius 2 is 2.21 bits per heavy atom. The molecule has 19 heavy (non-hydrogen) atoms. The molecule has 0 aromatic carbocycles. The Balaban J connectivity index is 1.75. The molecule has 8 heteroatoms. The van der Waals surface area contributed by atoms with Gasteiger partial charge in [0.05, 0.1) is 6.61 Å². The number of aromatic nitrogens is 2. The van der Waals surface area contributed by atoms with E-state index in [9.17, 15) is 4.79 Å². The lowest BCUT2D eigenvalue weighted by molar-refractivity contribution is 0.110. The molecule has 0 atom stereocenters. The Kier molecular flexibility index (Phi) is 5.87. The Bertz CT molecular complexity index is 408. The summed E-state index contributed by atoms with van der Waals surface area (Å²) in [6.45, 7) is 5.27. The third-order valence-electron chi connectivity index (χ3n) is 2.59. The number of hydrogen-bond donors (Lipinski definition) is 0. The highest BCUT2D eigenvalue weighted by Gasteiger charge is 2.20. The van der Waals surface area contributed by atoms with Crippen LogP contribution in [-0.2, 0) is 4.74 Å². The van der Waals surface area contributed by atoms with Crippen molar-refractivity contribution in [1.82, 2.24) is 14.3 Å². The monoisotopic (exact) mass is 303 g/mol. The van der Waals surface area contributed by atoms with Gasteiger partial charge in [0.25, 0.3) is 10.4 Å². The first kappa shape index (κ1) is 14.5. The SMILES string of the molecule is CCOCCOc1nc(SC(=O)N2CCCC2)ns1. The topological polar surface area (TPSA) is 64.6 Å². The third-order valence-corrected chi connectivity index (χ3v) is 4.13. The number of nitrogens with zero attached hydrogens (tertiary/aromatic N) is 3. The van der Waals surface area contributed by atoms with Gasteiger partial charge < -0.3 is 14.4 Å². The van der Waals surface area contributed by atoms with Crippen LogP contribution in [-0.4, -0.2) is 52.4 Å². The molecule has 1 aromatic rings. The molecular weight excluding hydrogens is 286 g/mol. The van der Waals surface area contributed by atoms with Crippen molar-refractivity contribution >= 4 is 28.5 Å². The molecular formula is C11H17N3O3S2. The molecule has 106 valence electrons. The second-order valence-corrected chi connectivity index (χ2v) is 5.58. The van der Waals surface area contributed by atoms with E-state index in [1.807, 2.05) is 11.8 Å². The van der Waals surface area contributed by atoms with Gasteiger partial charge in [-0.1, -0.05) is 0 Å². The van der Waals surface area contributed by atoms with Gasteiger partial charge in [0, 0.05) is 43.0 Å². The summed E-state index contributed by atoms with van der Waals surface area (Å²) in [5.74, 6) is 0. The molecule has 1 aliphatic rings. The van der Waals surface area contributed by atoms with Crippen LogP contribution in [0.2, 0.25) is 0 Å². The van der Waals surface area contributed by atoms with E-state index >= 15 is 0 Å². The van der Waals surface area contributed by atoms with Gasteiger partial charge in [-0.2, -0.15) is 9.36 Å². The second kappa shape index (κ2) is 7.66. The average molecular weight is 303 g/mol. The van der Waals surface area contributed by atoms with Crippen molar-refractivity contribution in [2.45, 2.75) is 24.9 Å². The third kappa shape index (κ3) is 4.63. The van der Waals surface area contributed by atoms with Gasteiger partial charge in [-0.3, -0.25) is 4.79 Å². The predicted octanol–water partition coefficient (Wildman–Crippen LogP) is 2.26. The number of ether oxygens (including phenoxy) is 2. The Labute approximate surface area is 120 Å². The van der Waals surface area contributed by atoms with E-state index in [0.29, 0.717) is 30.2 Å². The van der Waals surface area contributed by atoms with Gasteiger partial charge in [-0.05, 0) is 19.8 Å². The molecule has 0 spiro atoms. The maximum atomic E-state index is 11.9. The molecule has 2 heterocycles. The number of likely N-dealkylation sites (tertiary alicyclic amines) is 1. The summed E-state index contributed by atoms with van der Waals surface area (Å²) in [5, 5.41) is 0.973. The quantitative estimate of drug-likeness (QED) is 0.593. The summed E-state index contributed by atoms with van der Waals surface area (Å²) in [7, 11) is 0. The zero-order valence-corrected chi connectivity index (χ0v) is 12.5. The normalized spacial score (nSPS) is 14.9. The van der Waals surface area contributed by atoms with E-state index in [-0.39, 0.29) is 5.24 Å². The van der Waals surface area contributed by atoms with Crippen molar-refractivity contribution in [2.24, 2.45) is 0 Å². The first-order valence-electron chi connectivity index (χ1n) is 6.30. The van der Waals surface area contributed by atoms with Crippen LogP contribution >= 0.6 is 23.3 Å². The lowest BCUT2D eigenvalue weighted by atomic mass is 10.4. The van der Waals surface area contributed by atoms with Gasteiger partial charge in [0.2, 0.25) is 5.16 Å². The minimum absolute atomic E-state index is 0.0242. The van der Waals surface area contributed by atoms with Crippen molar-refractivity contribution < 1.29 is 14.3 Å². The fraction of sp³-hybridized carbons (Fsp3) is 0.727. The largest absolute Gasteiger partial charge is 0.467 e. The molecule has 0 saturated carbocycles. The number of thioether (sulfide) groups is 1. The average Bonchev–Trinajstić information content (AvgIpc) is 3.06. The van der Waals surface area contributed by atoms with Gasteiger partial charge in [0.15, 0.2) is 0 Å². The number of carbonyl (C=O) groups excluding carboxylic acids is 1. The Morgan fingerprint density at radius 1 is 1.42 bits per heavy atom. The van der Waals surface area contributed by atoms with Gasteiger partial charge in [-0.15, -0.1) is 0 Å². The molecule has 6 nitrogen and oxygen atoms in total. The highest BCUT2D eigenvalue weighted by molar-refractivity contribution is 8.13. The summed E-state index contributed by atoms with van der Waals surface area (Å²) in [6, 6.07) is 0. The molecule has 1 fully saturated rings. The van der Waals surface area contributed by atoms with Crippen molar-refractivity contribution in [1.29, 1.82) is 0 Å². The molecule has 1 aliphatic heterocycles. The second-order valence-electron chi connectivity index (χ2n) is 3.95. The first-order valence-corrected chi connectivity index (χ1v) is 7.89. The van der Waals surface area contributed by atoms with Crippen molar-refractivity contribution in [3.63, 3.8) is 0 Å². The zero-order valence-electron chi connectivity index (χ0n) is 10.8. The molecule has 0 N–H and O–H groups in total. The summed E-state index contributed by atoms with van der Waals surface area (Å²) < 4.78 is 14.6. The molecule has 0 bridgehead atoms. The number of amides is 1. The van der Waals surface area contributed by atoms with E-state index in [1.54, 1.807) is 0 Å². The molecule has 1 amide bonds. The van der Waals surface area contributed by atoms with Crippen LogP contribution in [0.5, 0.6) is 5.19 Å². The summed E-state index contributed by atoms with van der Waals surface area (Å²) >= 11 is 2.23. The lowest BCUT2D eigenvalue weighted by Crippen LogP contribution is -2.23. The fourth-order valence-corrected chi connectivity index (χ4v) is 3.05. The number of carbonyl (C=O) groups is 1. The van der Waals surface area contributed by atoms with Crippen LogP contribution in [0.1, 0.15) is 19.8 Å². The molecule has 1 saturated heterocycles. The summed E-state index contributed by atoms with van der Waals surface area (Å²) in [6.07, 6.45) is 2.17. The van der Waals surface area contributed by atoms with E-state index in [0.717, 1.165) is 49.2 Å². The minimum Gasteiger partial charge on any atom is -0.467 e. The van der Waals surface area contributed by atoms with Gasteiger partial charge >= 0.3 is 0 Å². The smallest absolute Gasteiger partial charge is 0.294 e. The molecule has 2 rings (SSSR count). The Hall–Kier alpha value is -0.860. The predicted molar refractivity (Wildman–Crippen MR) is 74.0 cm³/mol. The molecule has 0 radical (unpaired) electrons. The zero-order chi connectivity index (χ0) is 13.5. The highest BCUT2D eigenvalue weighted by atomic mass is 32.2. The minimum atomic E-state index is 0.0242. The van der Waals surface area contributed by atoms with Gasteiger partial charge in [0.1, 0.15) is 6.61 Å². The first-order chi connectivity index (χ1) is 9.29. The van der Waals surface area contributed by atoms with Crippen molar-refractivity contribution in [3.8, 4) is 5.19 Å². The van der Waals surface area contributed by atoms with Crippen LogP contribution in [0.25, 0.3) is 0 Å². The fourth-order valence-electron chi connectivity index (χ4n) is 1.67. The highest BCUT2D eigenvalue weighted by Crippen LogP contribution is 2.25. The van der Waals surface area contributed by atoms with Gasteiger partial charge in [-0.25, -0.2) is 0 Å². The molecule has 1 aromatic heterocycles. The van der Waals surface area contributed by atoms with Crippen LogP contribution in [0, 0.1) is 0 Å². The van der Waals surface area contributed by atoms with E-state index < -0.39 is 0 Å². The van der Waals surface area contributed by atoms with Crippen molar-refractivity contribution in [2.75, 3.05) is 32.9 Å². The van der Waals surface area contributed by atoms with Crippen LogP contribution in [0.3, 0.4) is 0 Å². The maximum Gasteiger partial charge on any atom is 0.294 e. The van der Waals surface area contributed by atoms with E-state index in [1.165, 1.54) is 0 Å².